The average Bonchev–Trinajstić information content (AvgIpc) is 2.21. The molecule has 0 amide bonds. The van der Waals surface area contributed by atoms with E-state index in [-0.39, 0.29) is 5.97 Å². The van der Waals surface area contributed by atoms with Crippen LogP contribution in [0.4, 0.5) is 0 Å². The van der Waals surface area contributed by atoms with Crippen molar-refractivity contribution in [3.8, 4) is 0 Å². The van der Waals surface area contributed by atoms with Crippen molar-refractivity contribution in [2.45, 2.75) is 19.3 Å². The minimum absolute atomic E-state index is 0.194. The Hall–Kier alpha value is -0.730. The van der Waals surface area contributed by atoms with E-state index in [0.717, 1.165) is 18.4 Å². The van der Waals surface area contributed by atoms with Crippen LogP contribution in [0.5, 0.6) is 0 Å². The third-order valence-electron chi connectivity index (χ3n) is 2.07. The van der Waals surface area contributed by atoms with Gasteiger partial charge in [0.05, 0.1) is 7.11 Å². The maximum atomic E-state index is 10.9. The van der Waals surface area contributed by atoms with Crippen molar-refractivity contribution in [2.75, 3.05) is 7.11 Å². The Morgan fingerprint density at radius 2 is 2.13 bits per heavy atom. The molecule has 2 nitrogen and oxygen atoms in total. The van der Waals surface area contributed by atoms with Crippen LogP contribution < -0.4 is 0 Å². The monoisotopic (exact) mass is 246 g/mol. The first-order chi connectivity index (χ1) is 7.13. The Kier molecular flexibility index (Phi) is 4.92. The second-order valence-corrected chi connectivity index (χ2v) is 4.01. The third-order valence-corrected chi connectivity index (χ3v) is 2.66. The van der Waals surface area contributed by atoms with Gasteiger partial charge in [0.15, 0.2) is 0 Å². The number of methoxy groups -OCH3 is 1. The lowest BCUT2D eigenvalue weighted by Crippen LogP contribution is -2.00. The lowest BCUT2D eigenvalue weighted by atomic mass is 10.1. The minimum Gasteiger partial charge on any atom is -0.469 e. The quantitative estimate of drug-likeness (QED) is 0.761. The van der Waals surface area contributed by atoms with Crippen LogP contribution in [0.2, 0.25) is 10.0 Å². The lowest BCUT2D eigenvalue weighted by molar-refractivity contribution is -0.140. The van der Waals surface area contributed by atoms with Crippen LogP contribution in [0.1, 0.15) is 18.4 Å². The third kappa shape index (κ3) is 4.10. The summed E-state index contributed by atoms with van der Waals surface area (Å²) in [5.74, 6) is -0.194. The molecule has 0 saturated carbocycles. The average molecular weight is 247 g/mol. The number of carbonyl (C=O) groups is 1. The van der Waals surface area contributed by atoms with Crippen molar-refractivity contribution < 1.29 is 9.53 Å². The molecule has 0 unspecified atom stereocenters. The molecule has 0 aliphatic carbocycles. The predicted molar refractivity (Wildman–Crippen MR) is 61.4 cm³/mol. The topological polar surface area (TPSA) is 26.3 Å². The smallest absolute Gasteiger partial charge is 0.305 e. The molecule has 1 aromatic rings. The SMILES string of the molecule is COC(=O)CCCc1ccc(Cl)cc1Cl. The maximum Gasteiger partial charge on any atom is 0.305 e. The fourth-order valence-electron chi connectivity index (χ4n) is 1.25. The number of rotatable bonds is 4. The molecule has 0 aromatic heterocycles. The van der Waals surface area contributed by atoms with Crippen molar-refractivity contribution in [2.24, 2.45) is 0 Å². The van der Waals surface area contributed by atoms with Gasteiger partial charge in [-0.2, -0.15) is 0 Å². The van der Waals surface area contributed by atoms with Gasteiger partial charge in [-0.1, -0.05) is 29.3 Å². The lowest BCUT2D eigenvalue weighted by Gasteiger charge is -2.04. The molecule has 0 atom stereocenters. The van der Waals surface area contributed by atoms with E-state index < -0.39 is 0 Å². The molecule has 0 radical (unpaired) electrons. The highest BCUT2D eigenvalue weighted by atomic mass is 35.5. The van der Waals surface area contributed by atoms with E-state index in [9.17, 15) is 4.79 Å². The largest absolute Gasteiger partial charge is 0.469 e. The fourth-order valence-corrected chi connectivity index (χ4v) is 1.75. The van der Waals surface area contributed by atoms with Gasteiger partial charge in [-0.05, 0) is 30.5 Å². The Labute approximate surface area is 99.1 Å². The van der Waals surface area contributed by atoms with Crippen LogP contribution in [0.25, 0.3) is 0 Å². The summed E-state index contributed by atoms with van der Waals surface area (Å²) in [4.78, 5) is 10.9. The van der Waals surface area contributed by atoms with E-state index >= 15 is 0 Å². The number of aryl methyl sites for hydroxylation is 1. The second kappa shape index (κ2) is 5.99. The highest BCUT2D eigenvalue weighted by Gasteiger charge is 2.04. The number of hydrogen-bond acceptors (Lipinski definition) is 2. The molecular weight excluding hydrogens is 235 g/mol. The Morgan fingerprint density at radius 3 is 2.73 bits per heavy atom. The first-order valence-electron chi connectivity index (χ1n) is 4.64. The van der Waals surface area contributed by atoms with Gasteiger partial charge >= 0.3 is 5.97 Å². The highest BCUT2D eigenvalue weighted by molar-refractivity contribution is 6.35. The Morgan fingerprint density at radius 1 is 1.40 bits per heavy atom. The van der Waals surface area contributed by atoms with E-state index in [1.54, 1.807) is 12.1 Å². The van der Waals surface area contributed by atoms with Crippen molar-refractivity contribution in [1.29, 1.82) is 0 Å². The van der Waals surface area contributed by atoms with Gasteiger partial charge in [-0.3, -0.25) is 4.79 Å². The van der Waals surface area contributed by atoms with Crippen molar-refractivity contribution in [3.05, 3.63) is 33.8 Å². The number of carbonyl (C=O) groups excluding carboxylic acids is 1. The zero-order valence-electron chi connectivity index (χ0n) is 8.43. The Bertz CT molecular complexity index is 350. The van der Waals surface area contributed by atoms with Gasteiger partial charge in [0.1, 0.15) is 0 Å². The summed E-state index contributed by atoms with van der Waals surface area (Å²) in [5.41, 5.74) is 1.00. The minimum atomic E-state index is -0.194. The van der Waals surface area contributed by atoms with Crippen LogP contribution in [-0.2, 0) is 16.0 Å². The molecule has 1 aromatic carbocycles. The first-order valence-corrected chi connectivity index (χ1v) is 5.40. The number of benzene rings is 1. The van der Waals surface area contributed by atoms with Crippen LogP contribution >= 0.6 is 23.2 Å². The number of hydrogen-bond donors (Lipinski definition) is 0. The molecule has 0 aliphatic heterocycles. The molecule has 0 aliphatic rings. The fraction of sp³-hybridized carbons (Fsp3) is 0.364. The van der Waals surface area contributed by atoms with Crippen molar-refractivity contribution >= 4 is 29.2 Å². The molecule has 1 rings (SSSR count). The van der Waals surface area contributed by atoms with Crippen LogP contribution in [-0.4, -0.2) is 13.1 Å². The standard InChI is InChI=1S/C11H12Cl2O2/c1-15-11(14)4-2-3-8-5-6-9(12)7-10(8)13/h5-7H,2-4H2,1H3. The molecule has 4 heteroatoms. The molecule has 0 spiro atoms. The number of ether oxygens (including phenoxy) is 1. The van der Waals surface area contributed by atoms with E-state index in [1.807, 2.05) is 6.07 Å². The number of esters is 1. The van der Waals surface area contributed by atoms with Gasteiger partial charge in [0.25, 0.3) is 0 Å². The molecular formula is C11H12Cl2O2. The molecule has 0 fully saturated rings. The number of halogens is 2. The Balaban J connectivity index is 2.47. The van der Waals surface area contributed by atoms with Crippen molar-refractivity contribution in [3.63, 3.8) is 0 Å². The molecule has 0 heterocycles. The van der Waals surface area contributed by atoms with Gasteiger partial charge in [-0.25, -0.2) is 0 Å². The summed E-state index contributed by atoms with van der Waals surface area (Å²) in [6, 6.07) is 5.37. The van der Waals surface area contributed by atoms with E-state index in [2.05, 4.69) is 4.74 Å². The molecule has 15 heavy (non-hydrogen) atoms. The molecule has 0 saturated heterocycles. The predicted octanol–water partition coefficient (Wildman–Crippen LogP) is 3.49. The molecule has 0 N–H and O–H groups in total. The summed E-state index contributed by atoms with van der Waals surface area (Å²) in [6.45, 7) is 0. The summed E-state index contributed by atoms with van der Waals surface area (Å²) in [7, 11) is 1.39. The van der Waals surface area contributed by atoms with Crippen LogP contribution in [0.15, 0.2) is 18.2 Å². The van der Waals surface area contributed by atoms with Gasteiger partial charge in [0.2, 0.25) is 0 Å². The molecule has 0 bridgehead atoms. The van der Waals surface area contributed by atoms with Crippen LogP contribution in [0.3, 0.4) is 0 Å². The van der Waals surface area contributed by atoms with E-state index in [0.29, 0.717) is 16.5 Å². The summed E-state index contributed by atoms with van der Waals surface area (Å²) in [5, 5.41) is 1.27. The van der Waals surface area contributed by atoms with Crippen LogP contribution in [0, 0.1) is 0 Å². The zero-order chi connectivity index (χ0) is 11.3. The van der Waals surface area contributed by atoms with E-state index in [1.165, 1.54) is 7.11 Å². The van der Waals surface area contributed by atoms with Gasteiger partial charge in [0, 0.05) is 16.5 Å². The van der Waals surface area contributed by atoms with E-state index in [4.69, 9.17) is 23.2 Å². The summed E-state index contributed by atoms with van der Waals surface area (Å²) in [6.07, 6.45) is 1.90. The van der Waals surface area contributed by atoms with Crippen molar-refractivity contribution in [1.82, 2.24) is 0 Å². The normalized spacial score (nSPS) is 10.1. The summed E-state index contributed by atoms with van der Waals surface area (Å²) >= 11 is 11.7. The molecule has 82 valence electrons. The zero-order valence-corrected chi connectivity index (χ0v) is 9.94. The highest BCUT2D eigenvalue weighted by Crippen LogP contribution is 2.22. The van der Waals surface area contributed by atoms with Gasteiger partial charge in [-0.15, -0.1) is 0 Å². The first kappa shape index (κ1) is 12.3. The summed E-state index contributed by atoms with van der Waals surface area (Å²) < 4.78 is 4.54. The maximum absolute atomic E-state index is 10.9. The van der Waals surface area contributed by atoms with Gasteiger partial charge < -0.3 is 4.74 Å². The second-order valence-electron chi connectivity index (χ2n) is 3.17.